The maximum Gasteiger partial charge on any atom is 0.131 e. The van der Waals surface area contributed by atoms with Crippen molar-refractivity contribution in [2.45, 2.75) is 6.42 Å². The molecule has 2 nitrogen and oxygen atoms in total. The van der Waals surface area contributed by atoms with E-state index in [1.54, 1.807) is 17.5 Å². The number of aromatic nitrogens is 1. The molecule has 0 saturated carbocycles. The van der Waals surface area contributed by atoms with Crippen LogP contribution in [0.3, 0.4) is 0 Å². The average Bonchev–Trinajstić information content (AvgIpc) is 2.71. The quantitative estimate of drug-likeness (QED) is 0.826. The van der Waals surface area contributed by atoms with Crippen LogP contribution in [0.15, 0.2) is 35.2 Å². The summed E-state index contributed by atoms with van der Waals surface area (Å²) in [4.78, 5) is 3.92. The molecule has 0 aliphatic carbocycles. The SMILES string of the molecule is Clc1cc(NCCc2ccsc2)ccn1. The third kappa shape index (κ3) is 3.22. The highest BCUT2D eigenvalue weighted by molar-refractivity contribution is 7.07. The van der Waals surface area contributed by atoms with Crippen molar-refractivity contribution in [3.05, 3.63) is 45.9 Å². The van der Waals surface area contributed by atoms with Crippen molar-refractivity contribution in [1.29, 1.82) is 0 Å². The summed E-state index contributed by atoms with van der Waals surface area (Å²) in [5.74, 6) is 0. The van der Waals surface area contributed by atoms with Crippen LogP contribution in [0.5, 0.6) is 0 Å². The summed E-state index contributed by atoms with van der Waals surface area (Å²) in [6.07, 6.45) is 2.73. The van der Waals surface area contributed by atoms with Crippen LogP contribution in [0.4, 0.5) is 5.69 Å². The van der Waals surface area contributed by atoms with Crippen molar-refractivity contribution in [2.24, 2.45) is 0 Å². The van der Waals surface area contributed by atoms with Gasteiger partial charge in [0.15, 0.2) is 0 Å². The molecule has 0 aromatic carbocycles. The number of halogens is 1. The van der Waals surface area contributed by atoms with E-state index >= 15 is 0 Å². The van der Waals surface area contributed by atoms with Gasteiger partial charge in [0.1, 0.15) is 5.15 Å². The first-order valence-corrected chi connectivity index (χ1v) is 6.03. The molecule has 0 amide bonds. The fourth-order valence-electron chi connectivity index (χ4n) is 1.30. The lowest BCUT2D eigenvalue weighted by molar-refractivity contribution is 1.03. The maximum atomic E-state index is 5.77. The zero-order valence-electron chi connectivity index (χ0n) is 8.11. The van der Waals surface area contributed by atoms with Gasteiger partial charge in [0, 0.05) is 18.4 Å². The van der Waals surface area contributed by atoms with Gasteiger partial charge in [-0.15, -0.1) is 0 Å². The van der Waals surface area contributed by atoms with Gasteiger partial charge < -0.3 is 5.32 Å². The van der Waals surface area contributed by atoms with Crippen molar-refractivity contribution in [1.82, 2.24) is 4.98 Å². The van der Waals surface area contributed by atoms with E-state index in [0.29, 0.717) is 5.15 Å². The Labute approximate surface area is 97.9 Å². The number of nitrogens with zero attached hydrogens (tertiary/aromatic N) is 1. The Bertz CT molecular complexity index is 414. The second-order valence-electron chi connectivity index (χ2n) is 3.18. The minimum Gasteiger partial charge on any atom is -0.385 e. The van der Waals surface area contributed by atoms with E-state index in [1.807, 2.05) is 12.1 Å². The first-order chi connectivity index (χ1) is 7.34. The van der Waals surface area contributed by atoms with Crippen molar-refractivity contribution < 1.29 is 0 Å². The molecule has 0 bridgehead atoms. The summed E-state index contributed by atoms with van der Waals surface area (Å²) in [5, 5.41) is 8.09. The summed E-state index contributed by atoms with van der Waals surface area (Å²) in [7, 11) is 0. The van der Waals surface area contributed by atoms with E-state index in [4.69, 9.17) is 11.6 Å². The molecule has 0 aliphatic heterocycles. The van der Waals surface area contributed by atoms with Crippen LogP contribution in [0.2, 0.25) is 5.15 Å². The summed E-state index contributed by atoms with van der Waals surface area (Å²) in [5.41, 5.74) is 2.39. The van der Waals surface area contributed by atoms with Crippen LogP contribution >= 0.6 is 22.9 Å². The standard InChI is InChI=1S/C11H11ClN2S/c12-11-7-10(2-5-14-11)13-4-1-9-3-6-15-8-9/h2-3,5-8H,1,4H2,(H,13,14). The predicted molar refractivity (Wildman–Crippen MR) is 65.8 cm³/mol. The van der Waals surface area contributed by atoms with E-state index in [2.05, 4.69) is 27.1 Å². The molecular weight excluding hydrogens is 228 g/mol. The van der Waals surface area contributed by atoms with Gasteiger partial charge in [-0.25, -0.2) is 4.98 Å². The van der Waals surface area contributed by atoms with Crippen molar-refractivity contribution in [3.63, 3.8) is 0 Å². The molecule has 0 radical (unpaired) electrons. The highest BCUT2D eigenvalue weighted by Crippen LogP contribution is 2.12. The highest BCUT2D eigenvalue weighted by Gasteiger charge is 1.95. The number of rotatable bonds is 4. The molecule has 0 aliphatic rings. The van der Waals surface area contributed by atoms with Gasteiger partial charge in [0.2, 0.25) is 0 Å². The molecule has 0 atom stereocenters. The molecule has 2 heterocycles. The maximum absolute atomic E-state index is 5.77. The number of pyridine rings is 1. The fourth-order valence-corrected chi connectivity index (χ4v) is 2.18. The monoisotopic (exact) mass is 238 g/mol. The largest absolute Gasteiger partial charge is 0.385 e. The molecular formula is C11H11ClN2S. The topological polar surface area (TPSA) is 24.9 Å². The first-order valence-electron chi connectivity index (χ1n) is 4.71. The summed E-state index contributed by atoms with van der Waals surface area (Å²) < 4.78 is 0. The molecule has 2 aromatic rings. The molecule has 15 heavy (non-hydrogen) atoms. The van der Waals surface area contributed by atoms with E-state index in [0.717, 1.165) is 18.7 Å². The molecule has 2 rings (SSSR count). The summed E-state index contributed by atoms with van der Waals surface area (Å²) in [6, 6.07) is 5.89. The second kappa shape index (κ2) is 5.14. The van der Waals surface area contributed by atoms with Crippen LogP contribution in [-0.2, 0) is 6.42 Å². The predicted octanol–water partition coefficient (Wildman–Crippen LogP) is 3.45. The van der Waals surface area contributed by atoms with Crippen LogP contribution in [0, 0.1) is 0 Å². The van der Waals surface area contributed by atoms with Crippen LogP contribution in [0.1, 0.15) is 5.56 Å². The average molecular weight is 239 g/mol. The van der Waals surface area contributed by atoms with E-state index in [9.17, 15) is 0 Å². The lowest BCUT2D eigenvalue weighted by Crippen LogP contribution is -2.04. The van der Waals surface area contributed by atoms with Crippen molar-refractivity contribution in [2.75, 3.05) is 11.9 Å². The van der Waals surface area contributed by atoms with Gasteiger partial charge in [-0.2, -0.15) is 11.3 Å². The molecule has 0 unspecified atom stereocenters. The molecule has 0 fully saturated rings. The molecule has 0 spiro atoms. The second-order valence-corrected chi connectivity index (χ2v) is 4.34. The van der Waals surface area contributed by atoms with Crippen molar-refractivity contribution >= 4 is 28.6 Å². The van der Waals surface area contributed by atoms with Gasteiger partial charge >= 0.3 is 0 Å². The Balaban J connectivity index is 1.83. The van der Waals surface area contributed by atoms with Crippen LogP contribution in [-0.4, -0.2) is 11.5 Å². The Morgan fingerprint density at radius 1 is 1.40 bits per heavy atom. The zero-order chi connectivity index (χ0) is 10.5. The Kier molecular flexibility index (Phi) is 3.59. The van der Waals surface area contributed by atoms with Crippen LogP contribution in [0.25, 0.3) is 0 Å². The molecule has 4 heteroatoms. The minimum absolute atomic E-state index is 0.524. The number of hydrogen-bond acceptors (Lipinski definition) is 3. The number of hydrogen-bond donors (Lipinski definition) is 1. The Morgan fingerprint density at radius 3 is 3.07 bits per heavy atom. The van der Waals surface area contributed by atoms with Gasteiger partial charge in [-0.1, -0.05) is 11.6 Å². The summed E-state index contributed by atoms with van der Waals surface area (Å²) in [6.45, 7) is 0.914. The third-order valence-electron chi connectivity index (χ3n) is 2.05. The van der Waals surface area contributed by atoms with E-state index in [1.165, 1.54) is 5.56 Å². The van der Waals surface area contributed by atoms with Crippen molar-refractivity contribution in [3.8, 4) is 0 Å². The highest BCUT2D eigenvalue weighted by atomic mass is 35.5. The zero-order valence-corrected chi connectivity index (χ0v) is 9.68. The van der Waals surface area contributed by atoms with Gasteiger partial charge in [0.25, 0.3) is 0 Å². The minimum atomic E-state index is 0.524. The summed E-state index contributed by atoms with van der Waals surface area (Å²) >= 11 is 7.50. The molecule has 1 N–H and O–H groups in total. The number of thiophene rings is 1. The number of anilines is 1. The fraction of sp³-hybridized carbons (Fsp3) is 0.182. The Morgan fingerprint density at radius 2 is 2.33 bits per heavy atom. The van der Waals surface area contributed by atoms with Gasteiger partial charge in [-0.05, 0) is 40.9 Å². The molecule has 2 aromatic heterocycles. The smallest absolute Gasteiger partial charge is 0.131 e. The Hall–Kier alpha value is -1.06. The molecule has 0 saturated heterocycles. The normalized spacial score (nSPS) is 10.2. The van der Waals surface area contributed by atoms with Gasteiger partial charge in [0.05, 0.1) is 0 Å². The first kappa shape index (κ1) is 10.5. The molecule has 78 valence electrons. The third-order valence-corrected chi connectivity index (χ3v) is 2.99. The lowest BCUT2D eigenvalue weighted by Gasteiger charge is -2.04. The van der Waals surface area contributed by atoms with E-state index in [-0.39, 0.29) is 0 Å². The lowest BCUT2D eigenvalue weighted by atomic mass is 10.2. The van der Waals surface area contributed by atoms with E-state index < -0.39 is 0 Å². The van der Waals surface area contributed by atoms with Crippen LogP contribution < -0.4 is 5.32 Å². The number of nitrogens with one attached hydrogen (secondary N) is 1. The van der Waals surface area contributed by atoms with Gasteiger partial charge in [-0.3, -0.25) is 0 Å².